The highest BCUT2D eigenvalue weighted by Gasteiger charge is 2.09. The number of hydrogen-bond acceptors (Lipinski definition) is 2. The Bertz CT molecular complexity index is 285. The molecule has 44 valence electrons. The molecule has 0 atom stereocenters. The molecule has 0 N–H and O–H groups in total. The van der Waals surface area contributed by atoms with Crippen LogP contribution in [0.4, 0.5) is 0 Å². The van der Waals surface area contributed by atoms with Crippen LogP contribution in [0.15, 0.2) is 18.6 Å². The number of imidazole rings is 1. The summed E-state index contributed by atoms with van der Waals surface area (Å²) in [6.07, 6.45) is 6.44. The smallest absolute Gasteiger partial charge is 0.256 e. The van der Waals surface area contributed by atoms with Crippen LogP contribution < -0.4 is 0 Å². The predicted octanol–water partition coefficient (Wildman–Crippen LogP) is 0.550. The van der Waals surface area contributed by atoms with Gasteiger partial charge in [0.1, 0.15) is 6.33 Å². The van der Waals surface area contributed by atoms with E-state index in [0.717, 1.165) is 5.69 Å². The first kappa shape index (κ1) is 4.49. The van der Waals surface area contributed by atoms with Crippen molar-refractivity contribution in [2.45, 2.75) is 0 Å². The van der Waals surface area contributed by atoms with Crippen molar-refractivity contribution < 1.29 is 4.79 Å². The molecule has 1 aromatic heterocycles. The highest BCUT2D eigenvalue weighted by Crippen LogP contribution is 2.08. The molecule has 1 aliphatic rings. The fraction of sp³-hybridized carbons (Fsp3) is 0. The van der Waals surface area contributed by atoms with E-state index in [1.165, 1.54) is 17.0 Å². The number of aromatic nitrogens is 2. The van der Waals surface area contributed by atoms with E-state index >= 15 is 0 Å². The van der Waals surface area contributed by atoms with Crippen molar-refractivity contribution in [3.63, 3.8) is 0 Å². The number of carbonyl (C=O) groups excluding carboxylic acids is 1. The monoisotopic (exact) mass is 120 g/mol. The Morgan fingerprint density at radius 2 is 2.33 bits per heavy atom. The molecule has 0 bridgehead atoms. The van der Waals surface area contributed by atoms with Crippen LogP contribution in [0.1, 0.15) is 10.5 Å². The maximum absolute atomic E-state index is 10.8. The van der Waals surface area contributed by atoms with Crippen LogP contribution >= 0.6 is 0 Å². The molecule has 9 heavy (non-hydrogen) atoms. The lowest BCUT2D eigenvalue weighted by molar-refractivity contribution is 0.0974. The van der Waals surface area contributed by atoms with Gasteiger partial charge in [0.2, 0.25) is 0 Å². The van der Waals surface area contributed by atoms with Crippen molar-refractivity contribution >= 4 is 12.0 Å². The maximum atomic E-state index is 10.8. The van der Waals surface area contributed by atoms with E-state index in [-0.39, 0.29) is 5.91 Å². The largest absolute Gasteiger partial charge is 0.269 e. The molecule has 0 fully saturated rings. The van der Waals surface area contributed by atoms with Gasteiger partial charge in [0, 0.05) is 6.08 Å². The number of carbonyl (C=O) groups is 1. The minimum absolute atomic E-state index is 0.0116. The molecular formula is C6H4N2O. The molecule has 0 radical (unpaired) electrons. The van der Waals surface area contributed by atoms with E-state index in [9.17, 15) is 4.79 Å². The lowest BCUT2D eigenvalue weighted by atomic mass is 10.5. The summed E-state index contributed by atoms with van der Waals surface area (Å²) in [6, 6.07) is 0. The van der Waals surface area contributed by atoms with Gasteiger partial charge in [-0.05, 0) is 6.08 Å². The molecule has 1 aliphatic heterocycles. The van der Waals surface area contributed by atoms with Gasteiger partial charge in [-0.25, -0.2) is 4.98 Å². The SMILES string of the molecule is O=C1C=Cc2cncn21. The summed E-state index contributed by atoms with van der Waals surface area (Å²) >= 11 is 0. The van der Waals surface area contributed by atoms with Gasteiger partial charge < -0.3 is 0 Å². The van der Waals surface area contributed by atoms with Gasteiger partial charge in [0.15, 0.2) is 0 Å². The summed E-state index contributed by atoms with van der Waals surface area (Å²) in [5.74, 6) is -0.0116. The number of allylic oxidation sites excluding steroid dienone is 1. The molecule has 0 spiro atoms. The summed E-state index contributed by atoms with van der Waals surface area (Å²) in [6.45, 7) is 0. The van der Waals surface area contributed by atoms with Crippen LogP contribution in [-0.2, 0) is 0 Å². The molecular weight excluding hydrogens is 116 g/mol. The van der Waals surface area contributed by atoms with E-state index in [0.29, 0.717) is 0 Å². The minimum Gasteiger partial charge on any atom is -0.269 e. The molecule has 0 amide bonds. The van der Waals surface area contributed by atoms with E-state index < -0.39 is 0 Å². The van der Waals surface area contributed by atoms with Crippen molar-refractivity contribution in [1.29, 1.82) is 0 Å². The topological polar surface area (TPSA) is 34.9 Å². The van der Waals surface area contributed by atoms with Gasteiger partial charge in [0.25, 0.3) is 5.91 Å². The Kier molecular flexibility index (Phi) is 0.656. The number of fused-ring (bicyclic) bond motifs is 1. The van der Waals surface area contributed by atoms with Gasteiger partial charge >= 0.3 is 0 Å². The second-order valence-corrected chi connectivity index (χ2v) is 1.86. The third kappa shape index (κ3) is 0.455. The van der Waals surface area contributed by atoms with Gasteiger partial charge in [-0.3, -0.25) is 9.36 Å². The van der Waals surface area contributed by atoms with Crippen LogP contribution in [0.25, 0.3) is 6.08 Å². The van der Waals surface area contributed by atoms with E-state index in [4.69, 9.17) is 0 Å². The fourth-order valence-electron chi connectivity index (χ4n) is 0.850. The van der Waals surface area contributed by atoms with Crippen molar-refractivity contribution in [1.82, 2.24) is 9.55 Å². The van der Waals surface area contributed by atoms with Gasteiger partial charge in [0.05, 0.1) is 11.9 Å². The van der Waals surface area contributed by atoms with Crippen molar-refractivity contribution in [3.05, 3.63) is 24.3 Å². The van der Waals surface area contributed by atoms with E-state index in [1.54, 1.807) is 12.3 Å². The molecule has 3 nitrogen and oxygen atoms in total. The van der Waals surface area contributed by atoms with E-state index in [1.807, 2.05) is 0 Å². The summed E-state index contributed by atoms with van der Waals surface area (Å²) in [7, 11) is 0. The summed E-state index contributed by atoms with van der Waals surface area (Å²) < 4.78 is 1.50. The first-order valence-electron chi connectivity index (χ1n) is 2.63. The second kappa shape index (κ2) is 1.31. The highest BCUT2D eigenvalue weighted by molar-refractivity contribution is 5.98. The van der Waals surface area contributed by atoms with Crippen molar-refractivity contribution in [2.24, 2.45) is 0 Å². The Hall–Kier alpha value is -1.38. The average molecular weight is 120 g/mol. The number of nitrogens with zero attached hydrogens (tertiary/aromatic N) is 2. The zero-order valence-electron chi connectivity index (χ0n) is 4.61. The normalized spacial score (nSPS) is 14.4. The first-order chi connectivity index (χ1) is 4.38. The quantitative estimate of drug-likeness (QED) is 0.501. The third-order valence-electron chi connectivity index (χ3n) is 1.30. The van der Waals surface area contributed by atoms with Crippen LogP contribution in [0.3, 0.4) is 0 Å². The fourth-order valence-corrected chi connectivity index (χ4v) is 0.850. The minimum atomic E-state index is -0.0116. The van der Waals surface area contributed by atoms with E-state index in [2.05, 4.69) is 4.98 Å². The van der Waals surface area contributed by atoms with Crippen LogP contribution in [0.5, 0.6) is 0 Å². The lowest BCUT2D eigenvalue weighted by Crippen LogP contribution is -2.00. The molecule has 0 unspecified atom stereocenters. The first-order valence-corrected chi connectivity index (χ1v) is 2.63. The van der Waals surface area contributed by atoms with Crippen LogP contribution in [0.2, 0.25) is 0 Å². The molecule has 0 saturated heterocycles. The number of rotatable bonds is 0. The van der Waals surface area contributed by atoms with Gasteiger partial charge in [-0.1, -0.05) is 0 Å². The maximum Gasteiger partial charge on any atom is 0.256 e. The highest BCUT2D eigenvalue weighted by atomic mass is 16.2. The Morgan fingerprint density at radius 1 is 1.44 bits per heavy atom. The lowest BCUT2D eigenvalue weighted by Gasteiger charge is -1.87. The summed E-state index contributed by atoms with van der Waals surface area (Å²) in [5, 5.41) is 0. The molecule has 1 aromatic rings. The van der Waals surface area contributed by atoms with Crippen LogP contribution in [0, 0.1) is 0 Å². The summed E-state index contributed by atoms with van der Waals surface area (Å²) in [4.78, 5) is 14.5. The Labute approximate surface area is 51.6 Å². The molecule has 0 aliphatic carbocycles. The molecule has 0 saturated carbocycles. The average Bonchev–Trinajstić information content (AvgIpc) is 2.35. The van der Waals surface area contributed by atoms with Crippen LogP contribution in [-0.4, -0.2) is 15.5 Å². The third-order valence-corrected chi connectivity index (χ3v) is 1.30. The van der Waals surface area contributed by atoms with Gasteiger partial charge in [-0.2, -0.15) is 0 Å². The predicted molar refractivity (Wildman–Crippen MR) is 31.9 cm³/mol. The zero-order valence-corrected chi connectivity index (χ0v) is 4.61. The van der Waals surface area contributed by atoms with Gasteiger partial charge in [-0.15, -0.1) is 0 Å². The summed E-state index contributed by atoms with van der Waals surface area (Å²) in [5.41, 5.74) is 0.861. The molecule has 0 aromatic carbocycles. The number of hydrogen-bond donors (Lipinski definition) is 0. The molecule has 2 heterocycles. The zero-order chi connectivity index (χ0) is 6.27. The Balaban J connectivity index is 2.73. The Morgan fingerprint density at radius 3 is 3.11 bits per heavy atom. The van der Waals surface area contributed by atoms with Crippen molar-refractivity contribution in [2.75, 3.05) is 0 Å². The molecule has 2 rings (SSSR count). The standard InChI is InChI=1S/C6H4N2O/c9-6-2-1-5-3-7-4-8(5)6/h1-4H. The second-order valence-electron chi connectivity index (χ2n) is 1.86. The molecule has 3 heteroatoms. The van der Waals surface area contributed by atoms with Crippen molar-refractivity contribution in [3.8, 4) is 0 Å².